The van der Waals surface area contributed by atoms with E-state index in [2.05, 4.69) is 46.5 Å². The van der Waals surface area contributed by atoms with Crippen molar-refractivity contribution in [1.29, 1.82) is 5.26 Å². The number of rotatable bonds is 6. The summed E-state index contributed by atoms with van der Waals surface area (Å²) in [5, 5.41) is 15.0. The molecule has 0 radical (unpaired) electrons. The number of amides is 1. The Balaban J connectivity index is 2.61. The summed E-state index contributed by atoms with van der Waals surface area (Å²) in [6.07, 6.45) is 0.957. The zero-order valence-corrected chi connectivity index (χ0v) is 13.6. The van der Waals surface area contributed by atoms with E-state index in [4.69, 9.17) is 5.26 Å². The fraction of sp³-hybridized carbons (Fsp3) is 0.467. The first-order valence-electron chi connectivity index (χ1n) is 6.68. The second-order valence-corrected chi connectivity index (χ2v) is 6.06. The summed E-state index contributed by atoms with van der Waals surface area (Å²) in [4.78, 5) is 11.9. The number of anilines is 1. The maximum absolute atomic E-state index is 11.9. The summed E-state index contributed by atoms with van der Waals surface area (Å²) in [6.45, 7) is 6.70. The van der Waals surface area contributed by atoms with Gasteiger partial charge in [-0.05, 0) is 37.5 Å². The number of nitrogens with zero attached hydrogens (tertiary/aromatic N) is 1. The molecule has 0 aliphatic rings. The third-order valence-corrected chi connectivity index (χ3v) is 3.38. The van der Waals surface area contributed by atoms with E-state index in [0.717, 1.165) is 10.9 Å². The van der Waals surface area contributed by atoms with Crippen LogP contribution in [0.5, 0.6) is 0 Å². The van der Waals surface area contributed by atoms with Crippen molar-refractivity contribution in [2.75, 3.05) is 11.9 Å². The molecule has 0 bridgehead atoms. The quantitative estimate of drug-likeness (QED) is 0.837. The standard InChI is InChI=1S/C15H20BrN3O/c1-10(2)6-7-18-15(20)11(3)19-14-8-13(16)5-4-12(14)9-17/h4-5,8,10-11,19H,6-7H2,1-3H3,(H,18,20). The molecule has 5 heteroatoms. The van der Waals surface area contributed by atoms with Crippen LogP contribution in [0.1, 0.15) is 32.8 Å². The number of carbonyl (C=O) groups is 1. The first-order valence-corrected chi connectivity index (χ1v) is 7.47. The van der Waals surface area contributed by atoms with Crippen LogP contribution in [0.4, 0.5) is 5.69 Å². The van der Waals surface area contributed by atoms with Gasteiger partial charge >= 0.3 is 0 Å². The summed E-state index contributed by atoms with van der Waals surface area (Å²) < 4.78 is 0.867. The minimum atomic E-state index is -0.386. The van der Waals surface area contributed by atoms with Crippen molar-refractivity contribution in [3.63, 3.8) is 0 Å². The van der Waals surface area contributed by atoms with Crippen molar-refractivity contribution in [3.8, 4) is 6.07 Å². The maximum Gasteiger partial charge on any atom is 0.242 e. The smallest absolute Gasteiger partial charge is 0.242 e. The fourth-order valence-electron chi connectivity index (χ4n) is 1.67. The molecule has 108 valence electrons. The minimum absolute atomic E-state index is 0.0606. The Morgan fingerprint density at radius 2 is 2.10 bits per heavy atom. The van der Waals surface area contributed by atoms with E-state index in [0.29, 0.717) is 23.7 Å². The molecule has 0 fully saturated rings. The normalized spacial score (nSPS) is 11.8. The van der Waals surface area contributed by atoms with E-state index in [1.807, 2.05) is 0 Å². The fourth-order valence-corrected chi connectivity index (χ4v) is 2.03. The Labute approximate surface area is 128 Å². The van der Waals surface area contributed by atoms with Crippen molar-refractivity contribution in [2.24, 2.45) is 5.92 Å². The number of nitrogens with one attached hydrogen (secondary N) is 2. The molecule has 1 rings (SSSR count). The number of halogens is 1. The molecule has 0 saturated heterocycles. The Bertz CT molecular complexity index is 508. The van der Waals surface area contributed by atoms with E-state index in [1.54, 1.807) is 25.1 Å². The lowest BCUT2D eigenvalue weighted by atomic mass is 10.1. The minimum Gasteiger partial charge on any atom is -0.373 e. The molecule has 1 atom stereocenters. The average molecular weight is 338 g/mol. The predicted octanol–water partition coefficient (Wildman–Crippen LogP) is 3.28. The summed E-state index contributed by atoms with van der Waals surface area (Å²) in [5.74, 6) is 0.503. The molecular weight excluding hydrogens is 318 g/mol. The summed E-state index contributed by atoms with van der Waals surface area (Å²) in [7, 11) is 0. The van der Waals surface area contributed by atoms with Gasteiger partial charge in [0.25, 0.3) is 0 Å². The lowest BCUT2D eigenvalue weighted by molar-refractivity contribution is -0.121. The zero-order chi connectivity index (χ0) is 15.1. The van der Waals surface area contributed by atoms with Crippen LogP contribution in [0.15, 0.2) is 22.7 Å². The number of carbonyl (C=O) groups excluding carboxylic acids is 1. The second kappa shape index (κ2) is 7.91. The van der Waals surface area contributed by atoms with Crippen LogP contribution in [0.25, 0.3) is 0 Å². The largest absolute Gasteiger partial charge is 0.373 e. The monoisotopic (exact) mass is 337 g/mol. The number of hydrogen-bond donors (Lipinski definition) is 2. The van der Waals surface area contributed by atoms with Gasteiger partial charge in [0.1, 0.15) is 12.1 Å². The highest BCUT2D eigenvalue weighted by atomic mass is 79.9. The van der Waals surface area contributed by atoms with Crippen LogP contribution >= 0.6 is 15.9 Å². The number of nitriles is 1. The van der Waals surface area contributed by atoms with Crippen molar-refractivity contribution >= 4 is 27.5 Å². The van der Waals surface area contributed by atoms with E-state index in [1.165, 1.54) is 0 Å². The molecule has 2 N–H and O–H groups in total. The zero-order valence-electron chi connectivity index (χ0n) is 12.0. The van der Waals surface area contributed by atoms with Gasteiger partial charge in [0.2, 0.25) is 5.91 Å². The third kappa shape index (κ3) is 5.22. The van der Waals surface area contributed by atoms with Gasteiger partial charge in [-0.25, -0.2) is 0 Å². The van der Waals surface area contributed by atoms with E-state index < -0.39 is 0 Å². The van der Waals surface area contributed by atoms with E-state index >= 15 is 0 Å². The van der Waals surface area contributed by atoms with Crippen molar-refractivity contribution in [1.82, 2.24) is 5.32 Å². The number of hydrogen-bond acceptors (Lipinski definition) is 3. The molecule has 1 amide bonds. The topological polar surface area (TPSA) is 64.9 Å². The van der Waals surface area contributed by atoms with Gasteiger partial charge in [-0.2, -0.15) is 5.26 Å². The van der Waals surface area contributed by atoms with Gasteiger partial charge < -0.3 is 10.6 Å². The first kappa shape index (κ1) is 16.5. The summed E-state index contributed by atoms with van der Waals surface area (Å²) in [6, 6.07) is 7.05. The molecular formula is C15H20BrN3O. The predicted molar refractivity (Wildman–Crippen MR) is 84.4 cm³/mol. The molecule has 0 spiro atoms. The molecule has 0 saturated carbocycles. The van der Waals surface area contributed by atoms with Crippen molar-refractivity contribution in [2.45, 2.75) is 33.2 Å². The van der Waals surface area contributed by atoms with Crippen LogP contribution in [0.3, 0.4) is 0 Å². The van der Waals surface area contributed by atoms with Gasteiger partial charge in [0.05, 0.1) is 11.3 Å². The SMILES string of the molecule is CC(C)CCNC(=O)C(C)Nc1cc(Br)ccc1C#N. The highest BCUT2D eigenvalue weighted by Gasteiger charge is 2.14. The van der Waals surface area contributed by atoms with E-state index in [9.17, 15) is 4.79 Å². The van der Waals surface area contributed by atoms with Gasteiger partial charge in [0, 0.05) is 11.0 Å². The first-order chi connectivity index (χ1) is 9.43. The summed E-state index contributed by atoms with van der Waals surface area (Å²) in [5.41, 5.74) is 1.18. The van der Waals surface area contributed by atoms with Gasteiger partial charge in [-0.3, -0.25) is 4.79 Å². The molecule has 0 aromatic heterocycles. The maximum atomic E-state index is 11.9. The molecule has 20 heavy (non-hydrogen) atoms. The lowest BCUT2D eigenvalue weighted by Crippen LogP contribution is -2.38. The van der Waals surface area contributed by atoms with Gasteiger partial charge in [-0.15, -0.1) is 0 Å². The molecule has 0 heterocycles. The van der Waals surface area contributed by atoms with Crippen molar-refractivity contribution < 1.29 is 4.79 Å². The molecule has 0 aliphatic heterocycles. The Morgan fingerprint density at radius 1 is 1.40 bits per heavy atom. The molecule has 1 aromatic carbocycles. The van der Waals surface area contributed by atoms with Crippen LogP contribution in [0.2, 0.25) is 0 Å². The van der Waals surface area contributed by atoms with Crippen molar-refractivity contribution in [3.05, 3.63) is 28.2 Å². The molecule has 0 aliphatic carbocycles. The van der Waals surface area contributed by atoms with Gasteiger partial charge in [0.15, 0.2) is 0 Å². The molecule has 4 nitrogen and oxygen atoms in total. The highest BCUT2D eigenvalue weighted by molar-refractivity contribution is 9.10. The van der Waals surface area contributed by atoms with Crippen LogP contribution in [-0.2, 0) is 4.79 Å². The Morgan fingerprint density at radius 3 is 2.70 bits per heavy atom. The van der Waals surface area contributed by atoms with Gasteiger partial charge in [-0.1, -0.05) is 29.8 Å². The highest BCUT2D eigenvalue weighted by Crippen LogP contribution is 2.21. The van der Waals surface area contributed by atoms with Crippen LogP contribution < -0.4 is 10.6 Å². The Hall–Kier alpha value is -1.54. The lowest BCUT2D eigenvalue weighted by Gasteiger charge is -2.16. The van der Waals surface area contributed by atoms with Crippen LogP contribution in [-0.4, -0.2) is 18.5 Å². The number of benzene rings is 1. The van der Waals surface area contributed by atoms with E-state index in [-0.39, 0.29) is 11.9 Å². The molecule has 1 aromatic rings. The van der Waals surface area contributed by atoms with Crippen LogP contribution in [0, 0.1) is 17.2 Å². The molecule has 1 unspecified atom stereocenters. The Kier molecular flexibility index (Phi) is 6.53. The third-order valence-electron chi connectivity index (χ3n) is 2.89. The second-order valence-electron chi connectivity index (χ2n) is 5.14. The summed E-state index contributed by atoms with van der Waals surface area (Å²) >= 11 is 3.36. The average Bonchev–Trinajstić information content (AvgIpc) is 2.38.